The lowest BCUT2D eigenvalue weighted by Gasteiger charge is -2.34. The lowest BCUT2D eigenvalue weighted by atomic mass is 9.79. The van der Waals surface area contributed by atoms with Crippen LogP contribution in [-0.4, -0.2) is 39.9 Å². The van der Waals surface area contributed by atoms with Crippen molar-refractivity contribution in [1.29, 1.82) is 0 Å². The van der Waals surface area contributed by atoms with Crippen LogP contribution in [0.3, 0.4) is 0 Å². The zero-order chi connectivity index (χ0) is 14.4. The monoisotopic (exact) mass is 278 g/mol. The van der Waals surface area contributed by atoms with Gasteiger partial charge in [-0.15, -0.1) is 0 Å². The summed E-state index contributed by atoms with van der Waals surface area (Å²) in [4.78, 5) is 15.1. The molecule has 1 fully saturated rings. The molecular formula is C15H22N2O3. The van der Waals surface area contributed by atoms with Crippen LogP contribution in [0.4, 0.5) is 0 Å². The van der Waals surface area contributed by atoms with Crippen molar-refractivity contribution in [3.05, 3.63) is 30.1 Å². The van der Waals surface area contributed by atoms with E-state index in [0.717, 1.165) is 18.7 Å². The minimum Gasteiger partial charge on any atom is -0.481 e. The van der Waals surface area contributed by atoms with E-state index in [0.29, 0.717) is 32.2 Å². The number of pyridine rings is 1. The van der Waals surface area contributed by atoms with Gasteiger partial charge in [0.05, 0.1) is 11.5 Å². The van der Waals surface area contributed by atoms with Crippen LogP contribution in [0.1, 0.15) is 31.4 Å². The highest BCUT2D eigenvalue weighted by Gasteiger charge is 2.35. The zero-order valence-corrected chi connectivity index (χ0v) is 11.6. The third-order valence-corrected chi connectivity index (χ3v) is 4.00. The number of hydrogen-bond donors (Lipinski definition) is 3. The Balaban J connectivity index is 1.68. The molecule has 0 aliphatic heterocycles. The van der Waals surface area contributed by atoms with Crippen LogP contribution in [0.15, 0.2) is 24.4 Å². The molecule has 110 valence electrons. The first-order valence-corrected chi connectivity index (χ1v) is 7.15. The minimum absolute atomic E-state index is 0.288. The predicted octanol–water partition coefficient (Wildman–Crippen LogP) is 1.22. The Bertz CT molecular complexity index is 428. The lowest BCUT2D eigenvalue weighted by Crippen LogP contribution is -2.44. The number of carboxylic acid groups (broad SMARTS) is 1. The largest absolute Gasteiger partial charge is 0.481 e. The van der Waals surface area contributed by atoms with E-state index in [1.165, 1.54) is 0 Å². The molecule has 5 nitrogen and oxygen atoms in total. The van der Waals surface area contributed by atoms with E-state index in [4.69, 9.17) is 5.11 Å². The first-order valence-electron chi connectivity index (χ1n) is 7.15. The fourth-order valence-corrected chi connectivity index (χ4v) is 2.66. The fourth-order valence-electron chi connectivity index (χ4n) is 2.66. The fraction of sp³-hybridized carbons (Fsp3) is 0.600. The van der Waals surface area contributed by atoms with Gasteiger partial charge in [-0.25, -0.2) is 0 Å². The third kappa shape index (κ3) is 4.28. The van der Waals surface area contributed by atoms with Gasteiger partial charge in [-0.05, 0) is 37.8 Å². The third-order valence-electron chi connectivity index (χ3n) is 4.00. The summed E-state index contributed by atoms with van der Waals surface area (Å²) in [5, 5.41) is 22.6. The minimum atomic E-state index is -0.754. The molecule has 0 radical (unpaired) electrons. The van der Waals surface area contributed by atoms with Crippen molar-refractivity contribution in [2.75, 3.05) is 13.1 Å². The number of aromatic nitrogens is 1. The Labute approximate surface area is 119 Å². The molecule has 1 aromatic rings. The van der Waals surface area contributed by atoms with E-state index in [1.807, 2.05) is 18.2 Å². The summed E-state index contributed by atoms with van der Waals surface area (Å²) in [5.41, 5.74) is 0.275. The molecule has 20 heavy (non-hydrogen) atoms. The predicted molar refractivity (Wildman–Crippen MR) is 75.4 cm³/mol. The molecule has 3 N–H and O–H groups in total. The highest BCUT2D eigenvalue weighted by molar-refractivity contribution is 5.70. The molecule has 5 heteroatoms. The Hall–Kier alpha value is -1.46. The van der Waals surface area contributed by atoms with E-state index in [1.54, 1.807) is 6.20 Å². The number of hydrogen-bond acceptors (Lipinski definition) is 4. The Morgan fingerprint density at radius 3 is 2.75 bits per heavy atom. The van der Waals surface area contributed by atoms with Crippen molar-refractivity contribution in [2.24, 2.45) is 5.92 Å². The van der Waals surface area contributed by atoms with E-state index in [-0.39, 0.29) is 5.92 Å². The Morgan fingerprint density at radius 1 is 1.40 bits per heavy atom. The molecule has 2 rings (SSSR count). The van der Waals surface area contributed by atoms with E-state index in [9.17, 15) is 9.90 Å². The molecule has 1 saturated carbocycles. The standard InChI is InChI=1S/C15H22N2O3/c18-14(19)12-4-7-15(20,8-5-12)11-16-10-6-13-3-1-2-9-17-13/h1-3,9,12,16,20H,4-8,10-11H2,(H,18,19). The Morgan fingerprint density at radius 2 is 2.15 bits per heavy atom. The Kier molecular flexibility index (Phi) is 5.09. The molecule has 0 bridgehead atoms. The second-order valence-corrected chi connectivity index (χ2v) is 5.58. The number of carbonyl (C=O) groups is 1. The van der Waals surface area contributed by atoms with Gasteiger partial charge in [0, 0.05) is 31.4 Å². The number of nitrogens with one attached hydrogen (secondary N) is 1. The van der Waals surface area contributed by atoms with Gasteiger partial charge < -0.3 is 15.5 Å². The topological polar surface area (TPSA) is 82.5 Å². The number of aliphatic carboxylic acids is 1. The van der Waals surface area contributed by atoms with Gasteiger partial charge in [0.25, 0.3) is 0 Å². The van der Waals surface area contributed by atoms with Gasteiger partial charge in [0.15, 0.2) is 0 Å². The summed E-state index contributed by atoms with van der Waals surface area (Å²) in [6.07, 6.45) is 4.84. The van der Waals surface area contributed by atoms with E-state index < -0.39 is 11.6 Å². The summed E-state index contributed by atoms with van der Waals surface area (Å²) >= 11 is 0. The van der Waals surface area contributed by atoms with Gasteiger partial charge in [0.2, 0.25) is 0 Å². The molecule has 0 spiro atoms. The molecule has 1 aromatic heterocycles. The van der Waals surface area contributed by atoms with Crippen molar-refractivity contribution < 1.29 is 15.0 Å². The maximum absolute atomic E-state index is 10.9. The number of rotatable bonds is 6. The highest BCUT2D eigenvalue weighted by Crippen LogP contribution is 2.31. The molecular weight excluding hydrogens is 256 g/mol. The number of carboxylic acids is 1. The molecule has 1 heterocycles. The number of aliphatic hydroxyl groups is 1. The first kappa shape index (κ1) is 14.9. The second-order valence-electron chi connectivity index (χ2n) is 5.58. The normalized spacial score (nSPS) is 26.4. The van der Waals surface area contributed by atoms with Crippen LogP contribution < -0.4 is 5.32 Å². The van der Waals surface area contributed by atoms with Gasteiger partial charge in [-0.2, -0.15) is 0 Å². The van der Waals surface area contributed by atoms with Crippen LogP contribution in [0, 0.1) is 5.92 Å². The van der Waals surface area contributed by atoms with Crippen molar-refractivity contribution in [2.45, 2.75) is 37.7 Å². The van der Waals surface area contributed by atoms with Gasteiger partial charge in [0.1, 0.15) is 0 Å². The molecule has 0 amide bonds. The average Bonchev–Trinajstić information content (AvgIpc) is 2.45. The van der Waals surface area contributed by atoms with E-state index in [2.05, 4.69) is 10.3 Å². The molecule has 1 aliphatic rings. The van der Waals surface area contributed by atoms with Crippen molar-refractivity contribution in [3.8, 4) is 0 Å². The SMILES string of the molecule is O=C(O)C1CCC(O)(CNCCc2ccccn2)CC1. The maximum Gasteiger partial charge on any atom is 0.306 e. The lowest BCUT2D eigenvalue weighted by molar-refractivity contribution is -0.144. The van der Waals surface area contributed by atoms with Gasteiger partial charge >= 0.3 is 5.97 Å². The second kappa shape index (κ2) is 6.81. The van der Waals surface area contributed by atoms with Gasteiger partial charge in [-0.3, -0.25) is 9.78 Å². The summed E-state index contributed by atoms with van der Waals surface area (Å²) in [6.45, 7) is 1.29. The van der Waals surface area contributed by atoms with Crippen LogP contribution in [0.25, 0.3) is 0 Å². The van der Waals surface area contributed by atoms with Crippen LogP contribution >= 0.6 is 0 Å². The van der Waals surface area contributed by atoms with Crippen molar-refractivity contribution >= 4 is 5.97 Å². The first-order chi connectivity index (χ1) is 9.59. The number of nitrogens with zero attached hydrogens (tertiary/aromatic N) is 1. The van der Waals surface area contributed by atoms with Crippen molar-refractivity contribution in [3.63, 3.8) is 0 Å². The summed E-state index contributed by atoms with van der Waals surface area (Å²) in [7, 11) is 0. The smallest absolute Gasteiger partial charge is 0.306 e. The zero-order valence-electron chi connectivity index (χ0n) is 11.6. The van der Waals surface area contributed by atoms with Crippen molar-refractivity contribution in [1.82, 2.24) is 10.3 Å². The summed E-state index contributed by atoms with van der Waals surface area (Å²) in [5.74, 6) is -1.03. The summed E-state index contributed by atoms with van der Waals surface area (Å²) < 4.78 is 0. The molecule has 1 aliphatic carbocycles. The molecule has 0 saturated heterocycles. The molecule has 0 aromatic carbocycles. The highest BCUT2D eigenvalue weighted by atomic mass is 16.4. The maximum atomic E-state index is 10.9. The molecule has 0 unspecified atom stereocenters. The van der Waals surface area contributed by atoms with Crippen LogP contribution in [0.2, 0.25) is 0 Å². The quantitative estimate of drug-likeness (QED) is 0.682. The van der Waals surface area contributed by atoms with E-state index >= 15 is 0 Å². The molecule has 0 atom stereocenters. The average molecular weight is 278 g/mol. The van der Waals surface area contributed by atoms with Gasteiger partial charge in [-0.1, -0.05) is 6.07 Å². The summed E-state index contributed by atoms with van der Waals surface area (Å²) in [6, 6.07) is 5.83. The van der Waals surface area contributed by atoms with Crippen LogP contribution in [0.5, 0.6) is 0 Å². The van der Waals surface area contributed by atoms with Crippen LogP contribution in [-0.2, 0) is 11.2 Å².